The van der Waals surface area contributed by atoms with E-state index in [0.29, 0.717) is 26.1 Å². The maximum absolute atomic E-state index is 11.9. The van der Waals surface area contributed by atoms with E-state index in [1.54, 1.807) is 0 Å². The van der Waals surface area contributed by atoms with Gasteiger partial charge in [0.15, 0.2) is 0 Å². The molecule has 0 heterocycles. The number of unbranched alkanes of at least 4 members (excludes halogenated alkanes) is 1. The lowest BCUT2D eigenvalue weighted by molar-refractivity contribution is -0.122. The Morgan fingerprint density at radius 3 is 2.43 bits per heavy atom. The molecule has 2 aromatic carbocycles. The Labute approximate surface area is 167 Å². The largest absolute Gasteiger partial charge is 0.493 e. The van der Waals surface area contributed by atoms with Crippen molar-refractivity contribution >= 4 is 11.8 Å². The van der Waals surface area contributed by atoms with Gasteiger partial charge < -0.3 is 15.4 Å². The van der Waals surface area contributed by atoms with Crippen LogP contribution in [0.3, 0.4) is 0 Å². The highest BCUT2D eigenvalue weighted by atomic mass is 16.5. The van der Waals surface area contributed by atoms with Crippen LogP contribution in [-0.4, -0.2) is 25.0 Å². The zero-order valence-electron chi connectivity index (χ0n) is 16.8. The van der Waals surface area contributed by atoms with E-state index in [2.05, 4.69) is 16.7 Å². The minimum absolute atomic E-state index is 0.0254. The van der Waals surface area contributed by atoms with Crippen LogP contribution in [0.5, 0.6) is 5.75 Å². The number of hydrogen-bond donors (Lipinski definition) is 2. The molecule has 5 nitrogen and oxygen atoms in total. The summed E-state index contributed by atoms with van der Waals surface area (Å²) < 4.78 is 5.79. The number of nitrogens with one attached hydrogen (secondary N) is 2. The number of rotatable bonds is 11. The average Bonchev–Trinajstić information content (AvgIpc) is 2.69. The fourth-order valence-electron chi connectivity index (χ4n) is 2.72. The molecule has 0 spiro atoms. The molecule has 0 bridgehead atoms. The van der Waals surface area contributed by atoms with Crippen molar-refractivity contribution in [3.63, 3.8) is 0 Å². The van der Waals surface area contributed by atoms with Crippen LogP contribution in [0.15, 0.2) is 48.5 Å². The van der Waals surface area contributed by atoms with Crippen molar-refractivity contribution in [2.75, 3.05) is 13.2 Å². The van der Waals surface area contributed by atoms with Crippen molar-refractivity contribution in [3.8, 4) is 5.75 Å². The summed E-state index contributed by atoms with van der Waals surface area (Å²) in [7, 11) is 0. The van der Waals surface area contributed by atoms with Gasteiger partial charge in [0.1, 0.15) is 5.75 Å². The zero-order chi connectivity index (χ0) is 20.2. The molecule has 0 aromatic heterocycles. The first-order chi connectivity index (χ1) is 13.5. The van der Waals surface area contributed by atoms with E-state index in [4.69, 9.17) is 4.74 Å². The predicted octanol–water partition coefficient (Wildman–Crippen LogP) is 3.68. The molecule has 2 N–H and O–H groups in total. The van der Waals surface area contributed by atoms with Crippen molar-refractivity contribution in [2.45, 2.75) is 46.1 Å². The van der Waals surface area contributed by atoms with Crippen LogP contribution in [0.1, 0.15) is 42.4 Å². The molecule has 0 aliphatic carbocycles. The summed E-state index contributed by atoms with van der Waals surface area (Å²) in [6.45, 7) is 5.53. The van der Waals surface area contributed by atoms with Gasteiger partial charge in [-0.3, -0.25) is 9.59 Å². The molecule has 28 heavy (non-hydrogen) atoms. The number of ether oxygens (including phenoxy) is 1. The molecule has 0 radical (unpaired) electrons. The molecule has 0 aliphatic heterocycles. The fraction of sp³-hybridized carbons (Fsp3) is 0.391. The van der Waals surface area contributed by atoms with Crippen LogP contribution in [0.2, 0.25) is 0 Å². The Morgan fingerprint density at radius 2 is 1.64 bits per heavy atom. The molecule has 0 fully saturated rings. The number of amides is 2. The highest BCUT2D eigenvalue weighted by Crippen LogP contribution is 2.19. The molecular weight excluding hydrogens is 352 g/mol. The monoisotopic (exact) mass is 382 g/mol. The van der Waals surface area contributed by atoms with Gasteiger partial charge in [0.25, 0.3) is 0 Å². The number of carbonyl (C=O) groups excluding carboxylic acids is 2. The summed E-state index contributed by atoms with van der Waals surface area (Å²) in [5.41, 5.74) is 3.35. The molecule has 0 unspecified atom stereocenters. The standard InChI is InChI=1S/C23H30N2O3/c1-18-11-12-19(2)21(16-18)28-15-7-6-10-22(26)24-14-13-23(27)25-17-20-8-4-3-5-9-20/h3-5,8-9,11-12,16H,6-7,10,13-15,17H2,1-2H3,(H,24,26)(H,25,27). The van der Waals surface area contributed by atoms with E-state index < -0.39 is 0 Å². The summed E-state index contributed by atoms with van der Waals surface area (Å²) >= 11 is 0. The Balaban J connectivity index is 1.50. The van der Waals surface area contributed by atoms with Crippen molar-refractivity contribution in [2.24, 2.45) is 0 Å². The van der Waals surface area contributed by atoms with Gasteiger partial charge in [-0.15, -0.1) is 0 Å². The molecule has 0 atom stereocenters. The van der Waals surface area contributed by atoms with E-state index in [0.717, 1.165) is 29.7 Å². The van der Waals surface area contributed by atoms with Crippen LogP contribution in [-0.2, 0) is 16.1 Å². The SMILES string of the molecule is Cc1ccc(C)c(OCCCCC(=O)NCCC(=O)NCc2ccccc2)c1. The van der Waals surface area contributed by atoms with Crippen LogP contribution >= 0.6 is 0 Å². The van der Waals surface area contributed by atoms with Gasteiger partial charge in [-0.25, -0.2) is 0 Å². The maximum atomic E-state index is 11.9. The van der Waals surface area contributed by atoms with Gasteiger partial charge in [-0.05, 0) is 49.4 Å². The van der Waals surface area contributed by atoms with Gasteiger partial charge in [-0.2, -0.15) is 0 Å². The van der Waals surface area contributed by atoms with Crippen molar-refractivity contribution in [1.29, 1.82) is 0 Å². The molecule has 0 saturated heterocycles. The van der Waals surface area contributed by atoms with Gasteiger partial charge >= 0.3 is 0 Å². The minimum Gasteiger partial charge on any atom is -0.493 e. The second-order valence-corrected chi connectivity index (χ2v) is 6.94. The summed E-state index contributed by atoms with van der Waals surface area (Å²) in [5, 5.41) is 5.65. The molecule has 150 valence electrons. The van der Waals surface area contributed by atoms with E-state index >= 15 is 0 Å². The van der Waals surface area contributed by atoms with Crippen LogP contribution in [0, 0.1) is 13.8 Å². The van der Waals surface area contributed by atoms with Crippen LogP contribution in [0.4, 0.5) is 0 Å². The van der Waals surface area contributed by atoms with E-state index in [-0.39, 0.29) is 18.2 Å². The number of aryl methyl sites for hydroxylation is 2. The van der Waals surface area contributed by atoms with Crippen molar-refractivity contribution in [1.82, 2.24) is 10.6 Å². The smallest absolute Gasteiger partial charge is 0.222 e. The first-order valence-corrected chi connectivity index (χ1v) is 9.82. The van der Waals surface area contributed by atoms with Crippen LogP contribution in [0.25, 0.3) is 0 Å². The number of benzene rings is 2. The highest BCUT2D eigenvalue weighted by Gasteiger charge is 2.05. The third-order valence-corrected chi connectivity index (χ3v) is 4.41. The fourth-order valence-corrected chi connectivity index (χ4v) is 2.72. The molecule has 0 aliphatic rings. The normalized spacial score (nSPS) is 10.4. The first-order valence-electron chi connectivity index (χ1n) is 9.82. The average molecular weight is 383 g/mol. The Bertz CT molecular complexity index is 760. The third kappa shape index (κ3) is 8.25. The van der Waals surface area contributed by atoms with Crippen molar-refractivity contribution in [3.05, 3.63) is 65.2 Å². The number of hydrogen-bond acceptors (Lipinski definition) is 3. The Kier molecular flexibility index (Phi) is 9.05. The first kappa shape index (κ1) is 21.5. The lowest BCUT2D eigenvalue weighted by atomic mass is 10.1. The second kappa shape index (κ2) is 11.8. The molecule has 2 amide bonds. The summed E-state index contributed by atoms with van der Waals surface area (Å²) in [6.07, 6.45) is 2.31. The van der Waals surface area contributed by atoms with E-state index in [1.807, 2.05) is 56.3 Å². The molecule has 2 aromatic rings. The summed E-state index contributed by atoms with van der Waals surface area (Å²) in [6, 6.07) is 15.9. The van der Waals surface area contributed by atoms with Crippen molar-refractivity contribution < 1.29 is 14.3 Å². The molecule has 2 rings (SSSR count). The van der Waals surface area contributed by atoms with Gasteiger partial charge in [-0.1, -0.05) is 42.5 Å². The highest BCUT2D eigenvalue weighted by molar-refractivity contribution is 5.78. The van der Waals surface area contributed by atoms with E-state index in [9.17, 15) is 9.59 Å². The predicted molar refractivity (Wildman–Crippen MR) is 111 cm³/mol. The quantitative estimate of drug-likeness (QED) is 0.583. The molecular formula is C23H30N2O3. The van der Waals surface area contributed by atoms with Gasteiger partial charge in [0.05, 0.1) is 6.61 Å². The zero-order valence-corrected chi connectivity index (χ0v) is 16.8. The summed E-state index contributed by atoms with van der Waals surface area (Å²) in [5.74, 6) is 0.819. The lowest BCUT2D eigenvalue weighted by Gasteiger charge is -2.10. The van der Waals surface area contributed by atoms with Gasteiger partial charge in [0, 0.05) is 25.9 Å². The number of carbonyl (C=O) groups is 2. The van der Waals surface area contributed by atoms with Gasteiger partial charge in [0.2, 0.25) is 11.8 Å². The minimum atomic E-state index is -0.0638. The summed E-state index contributed by atoms with van der Waals surface area (Å²) in [4.78, 5) is 23.7. The topological polar surface area (TPSA) is 67.4 Å². The Hall–Kier alpha value is -2.82. The maximum Gasteiger partial charge on any atom is 0.222 e. The van der Waals surface area contributed by atoms with Crippen LogP contribution < -0.4 is 15.4 Å². The molecule has 5 heteroatoms. The lowest BCUT2D eigenvalue weighted by Crippen LogP contribution is -2.30. The third-order valence-electron chi connectivity index (χ3n) is 4.41. The molecule has 0 saturated carbocycles. The Morgan fingerprint density at radius 1 is 0.893 bits per heavy atom. The second-order valence-electron chi connectivity index (χ2n) is 6.94. The van der Waals surface area contributed by atoms with E-state index in [1.165, 1.54) is 5.56 Å².